The summed E-state index contributed by atoms with van der Waals surface area (Å²) in [7, 11) is 0. The number of halogens is 1. The first-order valence-corrected chi connectivity index (χ1v) is 3.71. The second-order valence-electron chi connectivity index (χ2n) is 2.16. The molecule has 5 nitrogen and oxygen atoms in total. The molecule has 1 aromatic heterocycles. The van der Waals surface area contributed by atoms with E-state index in [1.165, 1.54) is 12.1 Å². The number of nitrogens with zero attached hydrogens (tertiary/aromatic N) is 1. The van der Waals surface area contributed by atoms with Crippen molar-refractivity contribution >= 4 is 23.5 Å². The standard InChI is InChI=1S/C7H6ClN3O2/c8-5-3-1-2-4(10-5)6(12)11-7(9)13/h1-3H,(H3,9,11,12,13). The Morgan fingerprint density at radius 2 is 2.15 bits per heavy atom. The van der Waals surface area contributed by atoms with Gasteiger partial charge < -0.3 is 5.73 Å². The van der Waals surface area contributed by atoms with Gasteiger partial charge in [-0.2, -0.15) is 0 Å². The maximum Gasteiger partial charge on any atom is 0.319 e. The number of pyridine rings is 1. The van der Waals surface area contributed by atoms with E-state index in [9.17, 15) is 9.59 Å². The number of aromatic nitrogens is 1. The molecule has 6 heteroatoms. The fraction of sp³-hybridized carbons (Fsp3) is 0. The van der Waals surface area contributed by atoms with Crippen LogP contribution in [0.5, 0.6) is 0 Å². The van der Waals surface area contributed by atoms with Crippen LogP contribution in [0.4, 0.5) is 4.79 Å². The van der Waals surface area contributed by atoms with E-state index in [0.29, 0.717) is 0 Å². The van der Waals surface area contributed by atoms with Gasteiger partial charge in [-0.05, 0) is 12.1 Å². The van der Waals surface area contributed by atoms with Gasteiger partial charge >= 0.3 is 6.03 Å². The smallest absolute Gasteiger partial charge is 0.319 e. The van der Waals surface area contributed by atoms with E-state index >= 15 is 0 Å². The second-order valence-corrected chi connectivity index (χ2v) is 2.55. The van der Waals surface area contributed by atoms with E-state index in [1.54, 1.807) is 6.07 Å². The summed E-state index contributed by atoms with van der Waals surface area (Å²) in [6.45, 7) is 0. The van der Waals surface area contributed by atoms with Crippen LogP contribution in [0.3, 0.4) is 0 Å². The number of hydrogen-bond acceptors (Lipinski definition) is 3. The molecule has 0 saturated heterocycles. The summed E-state index contributed by atoms with van der Waals surface area (Å²) in [5, 5.41) is 2.04. The molecule has 0 aliphatic carbocycles. The number of amides is 3. The number of carbonyl (C=O) groups is 2. The van der Waals surface area contributed by atoms with E-state index in [2.05, 4.69) is 4.98 Å². The predicted molar refractivity (Wildman–Crippen MR) is 46.3 cm³/mol. The maximum atomic E-state index is 11.1. The Balaban J connectivity index is 2.83. The first-order valence-electron chi connectivity index (χ1n) is 3.33. The van der Waals surface area contributed by atoms with Crippen molar-refractivity contribution in [1.82, 2.24) is 10.3 Å². The average molecular weight is 200 g/mol. The van der Waals surface area contributed by atoms with E-state index in [1.807, 2.05) is 5.32 Å². The van der Waals surface area contributed by atoms with Gasteiger partial charge in [0.05, 0.1) is 0 Å². The van der Waals surface area contributed by atoms with Gasteiger partial charge in [0.15, 0.2) is 0 Å². The highest BCUT2D eigenvalue weighted by Crippen LogP contribution is 2.04. The van der Waals surface area contributed by atoms with Crippen LogP contribution in [0.2, 0.25) is 5.15 Å². The maximum absolute atomic E-state index is 11.1. The number of nitrogens with two attached hydrogens (primary N) is 1. The molecule has 1 rings (SSSR count). The summed E-state index contributed by atoms with van der Waals surface area (Å²) in [6.07, 6.45) is 0. The fourth-order valence-electron chi connectivity index (χ4n) is 0.711. The molecule has 0 bridgehead atoms. The van der Waals surface area contributed by atoms with Crippen molar-refractivity contribution in [3.05, 3.63) is 29.0 Å². The molecule has 0 unspecified atom stereocenters. The monoisotopic (exact) mass is 199 g/mol. The summed E-state index contributed by atoms with van der Waals surface area (Å²) in [6, 6.07) is 3.56. The number of urea groups is 1. The summed E-state index contributed by atoms with van der Waals surface area (Å²) in [5.74, 6) is -0.671. The minimum Gasteiger partial charge on any atom is -0.351 e. The van der Waals surface area contributed by atoms with Gasteiger partial charge in [-0.3, -0.25) is 10.1 Å². The molecule has 13 heavy (non-hydrogen) atoms. The normalized spacial score (nSPS) is 9.31. The zero-order chi connectivity index (χ0) is 9.84. The van der Waals surface area contributed by atoms with Gasteiger partial charge in [-0.25, -0.2) is 9.78 Å². The van der Waals surface area contributed by atoms with E-state index in [4.69, 9.17) is 17.3 Å². The first kappa shape index (κ1) is 9.47. The molecule has 1 aromatic rings. The van der Waals surface area contributed by atoms with Crippen LogP contribution in [0.1, 0.15) is 10.5 Å². The highest BCUT2D eigenvalue weighted by atomic mass is 35.5. The molecule has 3 N–H and O–H groups in total. The number of rotatable bonds is 1. The topological polar surface area (TPSA) is 85.1 Å². The first-order chi connectivity index (χ1) is 6.09. The van der Waals surface area contributed by atoms with Crippen molar-refractivity contribution in [2.75, 3.05) is 0 Å². The lowest BCUT2D eigenvalue weighted by atomic mass is 10.3. The van der Waals surface area contributed by atoms with Crippen molar-refractivity contribution < 1.29 is 9.59 Å². The molecule has 0 aromatic carbocycles. The molecule has 1 heterocycles. The second kappa shape index (κ2) is 3.86. The summed E-state index contributed by atoms with van der Waals surface area (Å²) < 4.78 is 0. The van der Waals surface area contributed by atoms with Crippen molar-refractivity contribution in [1.29, 1.82) is 0 Å². The van der Waals surface area contributed by atoms with Gasteiger partial charge in [0, 0.05) is 0 Å². The third-order valence-corrected chi connectivity index (χ3v) is 1.39. The van der Waals surface area contributed by atoms with Crippen LogP contribution >= 0.6 is 11.6 Å². The van der Waals surface area contributed by atoms with Gasteiger partial charge in [0.2, 0.25) is 0 Å². The SMILES string of the molecule is NC(=O)NC(=O)c1cccc(Cl)n1. The highest BCUT2D eigenvalue weighted by Gasteiger charge is 2.08. The summed E-state index contributed by atoms with van der Waals surface area (Å²) >= 11 is 5.52. The molecule has 0 aliphatic rings. The fourth-order valence-corrected chi connectivity index (χ4v) is 0.874. The molecule has 0 radical (unpaired) electrons. The number of carbonyl (C=O) groups excluding carboxylic acids is 2. The molecule has 0 fully saturated rings. The molecular weight excluding hydrogens is 194 g/mol. The number of primary amides is 1. The van der Waals surface area contributed by atoms with Crippen molar-refractivity contribution in [2.45, 2.75) is 0 Å². The van der Waals surface area contributed by atoms with Crippen LogP contribution in [0.15, 0.2) is 18.2 Å². The van der Waals surface area contributed by atoms with E-state index in [0.717, 1.165) is 0 Å². The largest absolute Gasteiger partial charge is 0.351 e. The Morgan fingerprint density at radius 3 is 2.69 bits per heavy atom. The Bertz CT molecular complexity index is 353. The zero-order valence-electron chi connectivity index (χ0n) is 6.45. The van der Waals surface area contributed by atoms with Crippen LogP contribution in [0, 0.1) is 0 Å². The molecule has 0 aliphatic heterocycles. The Labute approximate surface area is 78.9 Å². The minimum absolute atomic E-state index is 0.0475. The third-order valence-electron chi connectivity index (χ3n) is 1.18. The Kier molecular flexibility index (Phi) is 2.81. The average Bonchev–Trinajstić information content (AvgIpc) is 2.03. The highest BCUT2D eigenvalue weighted by molar-refractivity contribution is 6.29. The van der Waals surface area contributed by atoms with Crippen molar-refractivity contribution in [2.24, 2.45) is 5.73 Å². The Hall–Kier alpha value is -1.62. The zero-order valence-corrected chi connectivity index (χ0v) is 7.21. The lowest BCUT2D eigenvalue weighted by Gasteiger charge is -1.99. The van der Waals surface area contributed by atoms with Crippen molar-refractivity contribution in [3.63, 3.8) is 0 Å². The number of hydrogen-bond donors (Lipinski definition) is 2. The van der Waals surface area contributed by atoms with Crippen LogP contribution in [0.25, 0.3) is 0 Å². The van der Waals surface area contributed by atoms with Gasteiger partial charge in [-0.1, -0.05) is 17.7 Å². The predicted octanol–water partition coefficient (Wildman–Crippen LogP) is 0.543. The van der Waals surface area contributed by atoms with Gasteiger partial charge in [0.1, 0.15) is 10.8 Å². The number of imide groups is 1. The molecular formula is C7H6ClN3O2. The minimum atomic E-state index is -0.924. The van der Waals surface area contributed by atoms with Crippen LogP contribution < -0.4 is 11.1 Å². The molecule has 0 atom stereocenters. The van der Waals surface area contributed by atoms with Crippen LogP contribution in [-0.4, -0.2) is 16.9 Å². The summed E-state index contributed by atoms with van der Waals surface area (Å²) in [4.78, 5) is 25.0. The van der Waals surface area contributed by atoms with Crippen molar-refractivity contribution in [3.8, 4) is 0 Å². The van der Waals surface area contributed by atoms with Crippen LogP contribution in [-0.2, 0) is 0 Å². The van der Waals surface area contributed by atoms with E-state index in [-0.39, 0.29) is 10.8 Å². The lowest BCUT2D eigenvalue weighted by Crippen LogP contribution is -2.35. The van der Waals surface area contributed by atoms with Gasteiger partial charge in [-0.15, -0.1) is 0 Å². The quantitative estimate of drug-likeness (QED) is 0.648. The number of nitrogens with one attached hydrogen (secondary N) is 1. The third kappa shape index (κ3) is 2.72. The molecule has 0 saturated carbocycles. The molecule has 3 amide bonds. The lowest BCUT2D eigenvalue weighted by molar-refractivity contribution is 0.0961. The Morgan fingerprint density at radius 1 is 1.46 bits per heavy atom. The summed E-state index contributed by atoms with van der Waals surface area (Å²) in [5.41, 5.74) is 4.78. The molecule has 0 spiro atoms. The van der Waals surface area contributed by atoms with E-state index < -0.39 is 11.9 Å². The molecule has 68 valence electrons. The van der Waals surface area contributed by atoms with Gasteiger partial charge in [0.25, 0.3) is 5.91 Å².